The molecule has 0 spiro atoms. The van der Waals surface area contributed by atoms with Crippen LogP contribution in [0.4, 0.5) is 4.39 Å². The van der Waals surface area contributed by atoms with E-state index in [0.717, 1.165) is 28.8 Å². The predicted molar refractivity (Wildman–Crippen MR) is 72.5 cm³/mol. The Labute approximate surface area is 114 Å². The number of halogens is 2. The first kappa shape index (κ1) is 13.2. The van der Waals surface area contributed by atoms with E-state index >= 15 is 0 Å². The van der Waals surface area contributed by atoms with Crippen LogP contribution in [0.5, 0.6) is 0 Å². The minimum atomic E-state index is -0.214. The fourth-order valence-electron chi connectivity index (χ4n) is 1.78. The SMILES string of the molecule is CCn1cncc1CNCc1cc(F)ccc1Br. The Balaban J connectivity index is 1.94. The molecule has 1 aromatic heterocycles. The van der Waals surface area contributed by atoms with Gasteiger partial charge in [0.1, 0.15) is 5.82 Å². The van der Waals surface area contributed by atoms with Crippen molar-refractivity contribution in [1.82, 2.24) is 14.9 Å². The zero-order valence-electron chi connectivity index (χ0n) is 10.2. The van der Waals surface area contributed by atoms with E-state index in [4.69, 9.17) is 0 Å². The molecular weight excluding hydrogens is 297 g/mol. The number of hydrogen-bond acceptors (Lipinski definition) is 2. The molecule has 0 saturated carbocycles. The van der Waals surface area contributed by atoms with Crippen molar-refractivity contribution < 1.29 is 4.39 Å². The average molecular weight is 312 g/mol. The highest BCUT2D eigenvalue weighted by atomic mass is 79.9. The molecule has 3 nitrogen and oxygen atoms in total. The van der Waals surface area contributed by atoms with Gasteiger partial charge in [0.05, 0.1) is 12.0 Å². The molecule has 0 aliphatic rings. The van der Waals surface area contributed by atoms with E-state index in [2.05, 4.69) is 37.7 Å². The summed E-state index contributed by atoms with van der Waals surface area (Å²) in [7, 11) is 0. The second-order valence-electron chi connectivity index (χ2n) is 4.01. The molecule has 0 radical (unpaired) electrons. The Bertz CT molecular complexity index is 525. The summed E-state index contributed by atoms with van der Waals surface area (Å²) >= 11 is 3.41. The monoisotopic (exact) mass is 311 g/mol. The van der Waals surface area contributed by atoms with Gasteiger partial charge < -0.3 is 9.88 Å². The largest absolute Gasteiger partial charge is 0.334 e. The van der Waals surface area contributed by atoms with Gasteiger partial charge in [0.25, 0.3) is 0 Å². The number of aryl methyl sites for hydroxylation is 1. The van der Waals surface area contributed by atoms with Crippen molar-refractivity contribution in [3.63, 3.8) is 0 Å². The number of rotatable bonds is 5. The van der Waals surface area contributed by atoms with Gasteiger partial charge in [-0.3, -0.25) is 0 Å². The summed E-state index contributed by atoms with van der Waals surface area (Å²) in [5, 5.41) is 3.29. The average Bonchev–Trinajstić information content (AvgIpc) is 2.81. The van der Waals surface area contributed by atoms with Gasteiger partial charge in [0, 0.05) is 30.3 Å². The molecule has 0 aliphatic carbocycles. The van der Waals surface area contributed by atoms with E-state index in [0.29, 0.717) is 6.54 Å². The lowest BCUT2D eigenvalue weighted by atomic mass is 10.2. The van der Waals surface area contributed by atoms with Crippen LogP contribution in [-0.2, 0) is 19.6 Å². The molecule has 0 amide bonds. The molecule has 5 heteroatoms. The summed E-state index contributed by atoms with van der Waals surface area (Å²) in [6.07, 6.45) is 3.66. The fourth-order valence-corrected chi connectivity index (χ4v) is 2.17. The first-order valence-corrected chi connectivity index (χ1v) is 6.63. The molecule has 1 aromatic carbocycles. The van der Waals surface area contributed by atoms with Crippen molar-refractivity contribution >= 4 is 15.9 Å². The predicted octanol–water partition coefficient (Wildman–Crippen LogP) is 3.09. The van der Waals surface area contributed by atoms with Crippen LogP contribution >= 0.6 is 15.9 Å². The molecule has 0 saturated heterocycles. The number of nitrogens with zero attached hydrogens (tertiary/aromatic N) is 2. The number of hydrogen-bond donors (Lipinski definition) is 1. The van der Waals surface area contributed by atoms with Crippen molar-refractivity contribution in [2.75, 3.05) is 0 Å². The minimum Gasteiger partial charge on any atom is -0.334 e. The van der Waals surface area contributed by atoms with Crippen LogP contribution < -0.4 is 5.32 Å². The first-order valence-electron chi connectivity index (χ1n) is 5.84. The van der Waals surface area contributed by atoms with Crippen LogP contribution in [0.3, 0.4) is 0 Å². The quantitative estimate of drug-likeness (QED) is 0.919. The summed E-state index contributed by atoms with van der Waals surface area (Å²) in [5.41, 5.74) is 2.04. The Hall–Kier alpha value is -1.20. The maximum absolute atomic E-state index is 13.1. The highest BCUT2D eigenvalue weighted by Gasteiger charge is 2.03. The molecule has 0 aliphatic heterocycles. The summed E-state index contributed by atoms with van der Waals surface area (Å²) in [5.74, 6) is -0.214. The zero-order chi connectivity index (χ0) is 13.0. The fraction of sp³-hybridized carbons (Fsp3) is 0.308. The molecule has 0 fully saturated rings. The molecule has 2 rings (SSSR count). The molecular formula is C13H15BrFN3. The Morgan fingerprint density at radius 2 is 2.22 bits per heavy atom. The molecule has 18 heavy (non-hydrogen) atoms. The van der Waals surface area contributed by atoms with E-state index in [1.165, 1.54) is 12.1 Å². The third-order valence-corrected chi connectivity index (χ3v) is 3.54. The second kappa shape index (κ2) is 6.11. The van der Waals surface area contributed by atoms with Crippen molar-refractivity contribution in [2.45, 2.75) is 26.6 Å². The lowest BCUT2D eigenvalue weighted by molar-refractivity contribution is 0.609. The van der Waals surface area contributed by atoms with E-state index in [-0.39, 0.29) is 5.82 Å². The van der Waals surface area contributed by atoms with Gasteiger partial charge in [-0.05, 0) is 30.7 Å². The van der Waals surface area contributed by atoms with Gasteiger partial charge in [-0.1, -0.05) is 15.9 Å². The Morgan fingerprint density at radius 1 is 1.39 bits per heavy atom. The third-order valence-electron chi connectivity index (χ3n) is 2.77. The van der Waals surface area contributed by atoms with Crippen molar-refractivity contribution in [3.8, 4) is 0 Å². The van der Waals surface area contributed by atoms with Gasteiger partial charge in [0.2, 0.25) is 0 Å². The maximum atomic E-state index is 13.1. The minimum absolute atomic E-state index is 0.214. The summed E-state index contributed by atoms with van der Waals surface area (Å²) in [6, 6.07) is 4.70. The number of nitrogens with one attached hydrogen (secondary N) is 1. The normalized spacial score (nSPS) is 10.8. The van der Waals surface area contributed by atoms with Crippen LogP contribution in [-0.4, -0.2) is 9.55 Å². The topological polar surface area (TPSA) is 29.9 Å². The van der Waals surface area contributed by atoms with E-state index in [9.17, 15) is 4.39 Å². The number of benzene rings is 1. The van der Waals surface area contributed by atoms with Crippen LogP contribution in [0.1, 0.15) is 18.2 Å². The molecule has 0 unspecified atom stereocenters. The number of imidazole rings is 1. The zero-order valence-corrected chi connectivity index (χ0v) is 11.7. The first-order chi connectivity index (χ1) is 8.70. The molecule has 1 heterocycles. The second-order valence-corrected chi connectivity index (χ2v) is 4.86. The Morgan fingerprint density at radius 3 is 3.00 bits per heavy atom. The third kappa shape index (κ3) is 3.17. The van der Waals surface area contributed by atoms with E-state index < -0.39 is 0 Å². The van der Waals surface area contributed by atoms with Crippen molar-refractivity contribution in [3.05, 3.63) is 52.3 Å². The smallest absolute Gasteiger partial charge is 0.123 e. The van der Waals surface area contributed by atoms with Crippen LogP contribution in [0.15, 0.2) is 35.2 Å². The van der Waals surface area contributed by atoms with Gasteiger partial charge in [-0.15, -0.1) is 0 Å². The summed E-state index contributed by atoms with van der Waals surface area (Å²) in [6.45, 7) is 4.32. The van der Waals surface area contributed by atoms with Gasteiger partial charge >= 0.3 is 0 Å². The summed E-state index contributed by atoms with van der Waals surface area (Å²) < 4.78 is 16.1. The maximum Gasteiger partial charge on any atom is 0.123 e. The van der Waals surface area contributed by atoms with Gasteiger partial charge in [0.15, 0.2) is 0 Å². The van der Waals surface area contributed by atoms with Crippen molar-refractivity contribution in [1.29, 1.82) is 0 Å². The van der Waals surface area contributed by atoms with Gasteiger partial charge in [-0.25, -0.2) is 9.37 Å². The van der Waals surface area contributed by atoms with Crippen molar-refractivity contribution in [2.24, 2.45) is 0 Å². The lowest BCUT2D eigenvalue weighted by Crippen LogP contribution is -2.15. The molecule has 96 valence electrons. The molecule has 0 atom stereocenters. The van der Waals surface area contributed by atoms with Crippen LogP contribution in [0.2, 0.25) is 0 Å². The van der Waals surface area contributed by atoms with E-state index in [1.54, 1.807) is 6.07 Å². The lowest BCUT2D eigenvalue weighted by Gasteiger charge is -2.08. The van der Waals surface area contributed by atoms with E-state index in [1.807, 2.05) is 12.5 Å². The molecule has 2 aromatic rings. The number of aromatic nitrogens is 2. The van der Waals surface area contributed by atoms with Crippen LogP contribution in [0.25, 0.3) is 0 Å². The highest BCUT2D eigenvalue weighted by Crippen LogP contribution is 2.17. The highest BCUT2D eigenvalue weighted by molar-refractivity contribution is 9.10. The standard InChI is InChI=1S/C13H15BrFN3/c1-2-18-9-17-8-12(18)7-16-6-10-5-11(15)3-4-13(10)14/h3-5,8-9,16H,2,6-7H2,1H3. The molecule has 0 bridgehead atoms. The summed E-state index contributed by atoms with van der Waals surface area (Å²) in [4.78, 5) is 4.10. The van der Waals surface area contributed by atoms with Crippen LogP contribution in [0, 0.1) is 5.82 Å². The molecule has 1 N–H and O–H groups in total. The van der Waals surface area contributed by atoms with Gasteiger partial charge in [-0.2, -0.15) is 0 Å². The Kier molecular flexibility index (Phi) is 4.49.